The molecule has 3 nitrogen and oxygen atoms in total. The number of halogens is 9. The predicted molar refractivity (Wildman–Crippen MR) is 247 cm³/mol. The first-order chi connectivity index (χ1) is 31.8. The Balaban J connectivity index is 1.29. The van der Waals surface area contributed by atoms with Crippen molar-refractivity contribution in [2.75, 3.05) is 0 Å². The normalized spacial score (nSPS) is 12.5. The summed E-state index contributed by atoms with van der Waals surface area (Å²) in [6.45, 7) is 13.2. The molecule has 0 spiro atoms. The van der Waals surface area contributed by atoms with Crippen LogP contribution in [0.25, 0.3) is 93.2 Å². The van der Waals surface area contributed by atoms with Crippen LogP contribution >= 0.6 is 0 Å². The molecule has 0 amide bonds. The van der Waals surface area contributed by atoms with Crippen LogP contribution in [0.5, 0.6) is 0 Å². The highest BCUT2D eigenvalue weighted by Gasteiger charge is 2.34. The molecule has 12 heteroatoms. The van der Waals surface area contributed by atoms with Gasteiger partial charge in [0.15, 0.2) is 5.69 Å². The molecule has 332 valence electrons. The van der Waals surface area contributed by atoms with Crippen molar-refractivity contribution in [3.05, 3.63) is 196 Å². The van der Waals surface area contributed by atoms with E-state index in [0.29, 0.717) is 83.2 Å². The molecule has 0 saturated carbocycles. The van der Waals surface area contributed by atoms with Crippen LogP contribution in [0.15, 0.2) is 152 Å². The zero-order valence-corrected chi connectivity index (χ0v) is 35.7. The van der Waals surface area contributed by atoms with Gasteiger partial charge in [0.1, 0.15) is 0 Å². The van der Waals surface area contributed by atoms with E-state index >= 15 is 0 Å². The van der Waals surface area contributed by atoms with Crippen LogP contribution in [0.4, 0.5) is 45.2 Å². The summed E-state index contributed by atoms with van der Waals surface area (Å²) in [6.07, 6.45) is -13.8. The monoisotopic (exact) mass is 907 g/mol. The Labute approximate surface area is 377 Å². The summed E-state index contributed by atoms with van der Waals surface area (Å²) in [5.41, 5.74) is 4.53. The molecular weight excluding hydrogens is 874 g/mol. The molecule has 2 aromatic heterocycles. The van der Waals surface area contributed by atoms with E-state index in [1.54, 1.807) is 75.4 Å². The number of para-hydroxylation sites is 2. The molecule has 0 atom stereocenters. The van der Waals surface area contributed by atoms with Crippen LogP contribution in [0, 0.1) is 27.3 Å². The van der Waals surface area contributed by atoms with Gasteiger partial charge in [-0.1, -0.05) is 66.7 Å². The third-order valence-electron chi connectivity index (χ3n) is 12.2. The molecule has 0 radical (unpaired) electrons. The third-order valence-corrected chi connectivity index (χ3v) is 12.2. The topological polar surface area (TPSA) is 14.2 Å². The first kappa shape index (κ1) is 43.1. The maximum absolute atomic E-state index is 14.4. The highest BCUT2D eigenvalue weighted by molar-refractivity contribution is 6.13. The SMILES string of the molecule is [C-]#[N+]c1cc(-n2c3ccccc3c3cc(-c4cc(C)cc(C(F)(F)F)c4)ccc32)c(-n2c3ccccc3c3cc(-c4cc(C)cc(C(F)(F)F)c4)ccc32)cc1-c1cc(C)cc(C(F)(F)F)c1. The van der Waals surface area contributed by atoms with Gasteiger partial charge in [0.05, 0.1) is 56.7 Å². The van der Waals surface area contributed by atoms with E-state index in [4.69, 9.17) is 6.57 Å². The minimum atomic E-state index is -4.68. The Morgan fingerprint density at radius 3 is 1.16 bits per heavy atom. The van der Waals surface area contributed by atoms with Gasteiger partial charge in [0, 0.05) is 21.5 Å². The number of aromatic nitrogens is 2. The van der Waals surface area contributed by atoms with E-state index in [0.717, 1.165) is 47.2 Å². The summed E-state index contributed by atoms with van der Waals surface area (Å²) >= 11 is 0. The molecule has 0 aliphatic heterocycles. The zero-order chi connectivity index (χ0) is 47.3. The first-order valence-corrected chi connectivity index (χ1v) is 21.0. The fraction of sp³-hybridized carbons (Fsp3) is 0.109. The van der Waals surface area contributed by atoms with Crippen molar-refractivity contribution in [3.8, 4) is 44.8 Å². The third kappa shape index (κ3) is 7.54. The Bertz CT molecular complexity index is 3710. The summed E-state index contributed by atoms with van der Waals surface area (Å²) < 4.78 is 131. The molecule has 0 aliphatic rings. The second-order valence-corrected chi connectivity index (χ2v) is 16.9. The molecule has 0 aliphatic carbocycles. The van der Waals surface area contributed by atoms with Gasteiger partial charge in [-0.15, -0.1) is 0 Å². The van der Waals surface area contributed by atoms with E-state index in [2.05, 4.69) is 4.85 Å². The van der Waals surface area contributed by atoms with Crippen LogP contribution < -0.4 is 0 Å². The van der Waals surface area contributed by atoms with Gasteiger partial charge >= 0.3 is 18.5 Å². The standard InChI is InChI=1S/C55H34F9N3/c1-30-17-35(23-38(20-30)53(56,57)58)33-13-15-49-44(26-33)41-9-5-7-11-47(41)66(49)51-28-43(37-19-32(3)22-40(25-37)55(62,63)64)46(65-4)29-52(51)67-48-12-8-6-10-42(48)45-27-34(14-16-50(45)67)36-18-31(2)21-39(24-36)54(59,60)61/h5-29H,1-3H3. The van der Waals surface area contributed by atoms with Gasteiger partial charge in [0.25, 0.3) is 0 Å². The van der Waals surface area contributed by atoms with E-state index < -0.39 is 35.2 Å². The highest BCUT2D eigenvalue weighted by Crippen LogP contribution is 2.46. The number of hydrogen-bond donors (Lipinski definition) is 0. The van der Waals surface area contributed by atoms with E-state index in [1.165, 1.54) is 0 Å². The minimum Gasteiger partial charge on any atom is -0.308 e. The van der Waals surface area contributed by atoms with E-state index in [9.17, 15) is 39.5 Å². The van der Waals surface area contributed by atoms with Crippen LogP contribution in [-0.4, -0.2) is 9.13 Å². The van der Waals surface area contributed by atoms with Crippen molar-refractivity contribution in [1.29, 1.82) is 0 Å². The lowest BCUT2D eigenvalue weighted by molar-refractivity contribution is -0.138. The first-order valence-electron chi connectivity index (χ1n) is 21.0. The maximum Gasteiger partial charge on any atom is 0.416 e. The van der Waals surface area contributed by atoms with Crippen molar-refractivity contribution < 1.29 is 39.5 Å². The summed E-state index contributed by atoms with van der Waals surface area (Å²) in [5.74, 6) is 0. The van der Waals surface area contributed by atoms with Gasteiger partial charge in [0.2, 0.25) is 0 Å². The quantitative estimate of drug-likeness (QED) is 0.121. The largest absolute Gasteiger partial charge is 0.416 e. The van der Waals surface area contributed by atoms with Gasteiger partial charge in [-0.05, 0) is 156 Å². The Morgan fingerprint density at radius 2 is 0.746 bits per heavy atom. The second-order valence-electron chi connectivity index (χ2n) is 16.9. The Morgan fingerprint density at radius 1 is 0.373 bits per heavy atom. The van der Waals surface area contributed by atoms with Crippen molar-refractivity contribution in [3.63, 3.8) is 0 Å². The Hall–Kier alpha value is -7.78. The van der Waals surface area contributed by atoms with Crippen molar-refractivity contribution in [1.82, 2.24) is 9.13 Å². The van der Waals surface area contributed by atoms with E-state index in [-0.39, 0.29) is 16.8 Å². The molecule has 0 fully saturated rings. The number of alkyl halides is 9. The average molecular weight is 908 g/mol. The molecular formula is C55H34F9N3. The predicted octanol–water partition coefficient (Wildman–Crippen LogP) is 17.4. The molecule has 67 heavy (non-hydrogen) atoms. The lowest BCUT2D eigenvalue weighted by atomic mass is 9.97. The number of rotatable bonds is 5. The molecule has 10 rings (SSSR count). The smallest absolute Gasteiger partial charge is 0.308 e. The highest BCUT2D eigenvalue weighted by atomic mass is 19.4. The summed E-state index contributed by atoms with van der Waals surface area (Å²) in [4.78, 5) is 3.89. The van der Waals surface area contributed by atoms with Crippen LogP contribution in [0.1, 0.15) is 33.4 Å². The minimum absolute atomic E-state index is 0.0578. The average Bonchev–Trinajstić information content (AvgIpc) is 3.79. The lowest BCUT2D eigenvalue weighted by Gasteiger charge is -2.20. The van der Waals surface area contributed by atoms with Gasteiger partial charge < -0.3 is 9.13 Å². The van der Waals surface area contributed by atoms with Crippen LogP contribution in [0.2, 0.25) is 0 Å². The fourth-order valence-electron chi connectivity index (χ4n) is 9.40. The van der Waals surface area contributed by atoms with E-state index in [1.807, 2.05) is 69.8 Å². The molecule has 0 bridgehead atoms. The molecule has 0 N–H and O–H groups in total. The van der Waals surface area contributed by atoms with Crippen molar-refractivity contribution in [2.45, 2.75) is 39.3 Å². The number of fused-ring (bicyclic) bond motifs is 6. The number of aryl methyl sites for hydroxylation is 3. The number of benzene rings is 8. The Kier molecular flexibility index (Phi) is 9.92. The van der Waals surface area contributed by atoms with Crippen LogP contribution in [0.3, 0.4) is 0 Å². The fourth-order valence-corrected chi connectivity index (χ4v) is 9.40. The van der Waals surface area contributed by atoms with Crippen molar-refractivity contribution in [2.24, 2.45) is 0 Å². The second kappa shape index (κ2) is 15.4. The lowest BCUT2D eigenvalue weighted by Crippen LogP contribution is -2.06. The van der Waals surface area contributed by atoms with Gasteiger partial charge in [-0.3, -0.25) is 0 Å². The van der Waals surface area contributed by atoms with Gasteiger partial charge in [-0.2, -0.15) is 39.5 Å². The summed E-state index contributed by atoms with van der Waals surface area (Å²) in [6, 6.07) is 40.4. The van der Waals surface area contributed by atoms with Crippen molar-refractivity contribution >= 4 is 49.3 Å². The molecule has 0 saturated heterocycles. The van der Waals surface area contributed by atoms with Crippen LogP contribution in [-0.2, 0) is 18.5 Å². The molecule has 10 aromatic rings. The molecule has 8 aromatic carbocycles. The molecule has 0 unspecified atom stereocenters. The summed E-state index contributed by atoms with van der Waals surface area (Å²) in [7, 11) is 0. The number of nitrogens with zero attached hydrogens (tertiary/aromatic N) is 3. The zero-order valence-electron chi connectivity index (χ0n) is 35.7. The van der Waals surface area contributed by atoms with Gasteiger partial charge in [-0.25, -0.2) is 4.85 Å². The number of hydrogen-bond acceptors (Lipinski definition) is 0. The maximum atomic E-state index is 14.4. The summed E-state index contributed by atoms with van der Waals surface area (Å²) in [5, 5.41) is 2.87. The molecule has 2 heterocycles.